The Hall–Kier alpha value is -2.24. The van der Waals surface area contributed by atoms with Crippen LogP contribution >= 0.6 is 11.6 Å². The van der Waals surface area contributed by atoms with Crippen LogP contribution in [0.2, 0.25) is 5.02 Å². The number of carbonyl (C=O) groups excluding carboxylic acids is 1. The molecule has 0 aliphatic heterocycles. The van der Waals surface area contributed by atoms with Crippen molar-refractivity contribution in [3.8, 4) is 5.75 Å². The average molecular weight is 349 g/mol. The fourth-order valence-corrected chi connectivity index (χ4v) is 2.43. The number of benzene rings is 2. The van der Waals surface area contributed by atoms with Crippen LogP contribution < -0.4 is 15.4 Å². The van der Waals surface area contributed by atoms with Crippen molar-refractivity contribution in [3.63, 3.8) is 0 Å². The number of rotatable bonds is 7. The van der Waals surface area contributed by atoms with Crippen LogP contribution in [0.5, 0.6) is 5.75 Å². The Labute approximate surface area is 146 Å². The third-order valence-corrected chi connectivity index (χ3v) is 3.74. The lowest BCUT2D eigenvalue weighted by molar-refractivity contribution is 0.170. The van der Waals surface area contributed by atoms with Gasteiger partial charge in [0.1, 0.15) is 5.75 Å². The number of carbonyl (C=O) groups is 1. The molecular weight excluding hydrogens is 328 g/mol. The van der Waals surface area contributed by atoms with Crippen LogP contribution in [0.15, 0.2) is 48.5 Å². The number of aliphatic hydroxyl groups excluding tert-OH is 1. The molecule has 0 spiro atoms. The van der Waals surface area contributed by atoms with E-state index in [2.05, 4.69) is 10.6 Å². The van der Waals surface area contributed by atoms with Crippen molar-refractivity contribution in [2.45, 2.75) is 19.1 Å². The van der Waals surface area contributed by atoms with Crippen molar-refractivity contribution in [2.75, 3.05) is 13.7 Å². The zero-order valence-corrected chi connectivity index (χ0v) is 14.2. The van der Waals surface area contributed by atoms with Crippen molar-refractivity contribution in [1.29, 1.82) is 0 Å². The quantitative estimate of drug-likeness (QED) is 0.720. The number of aliphatic hydroxyl groups is 1. The Bertz CT molecular complexity index is 665. The number of hydrogen-bond donors (Lipinski definition) is 3. The van der Waals surface area contributed by atoms with Gasteiger partial charge in [-0.2, -0.15) is 0 Å². The highest BCUT2D eigenvalue weighted by molar-refractivity contribution is 6.30. The molecule has 0 fully saturated rings. The van der Waals surface area contributed by atoms with Crippen molar-refractivity contribution < 1.29 is 14.6 Å². The number of nitrogens with one attached hydrogen (secondary N) is 2. The molecule has 128 valence electrons. The Morgan fingerprint density at radius 2 is 1.96 bits per heavy atom. The molecule has 24 heavy (non-hydrogen) atoms. The van der Waals surface area contributed by atoms with Crippen molar-refractivity contribution in [3.05, 3.63) is 64.7 Å². The molecule has 0 radical (unpaired) electrons. The summed E-state index contributed by atoms with van der Waals surface area (Å²) in [6.07, 6.45) is -0.144. The number of methoxy groups -OCH3 is 1. The third kappa shape index (κ3) is 5.76. The second-order valence-electron chi connectivity index (χ2n) is 5.36. The summed E-state index contributed by atoms with van der Waals surface area (Å²) in [6.45, 7) is 0.486. The van der Waals surface area contributed by atoms with Crippen molar-refractivity contribution >= 4 is 17.6 Å². The third-order valence-electron chi connectivity index (χ3n) is 3.50. The van der Waals surface area contributed by atoms with Crippen LogP contribution in [-0.2, 0) is 13.0 Å². The Morgan fingerprint density at radius 1 is 1.21 bits per heavy atom. The molecule has 2 aromatic rings. The first-order valence-electron chi connectivity index (χ1n) is 7.64. The first-order valence-corrected chi connectivity index (χ1v) is 8.02. The fourth-order valence-electron chi connectivity index (χ4n) is 2.27. The summed E-state index contributed by atoms with van der Waals surface area (Å²) < 4.78 is 5.23. The molecule has 1 atom stereocenters. The Balaban J connectivity index is 1.75. The van der Waals surface area contributed by atoms with Crippen LogP contribution in [-0.4, -0.2) is 30.9 Å². The van der Waals surface area contributed by atoms with Crippen LogP contribution in [0, 0.1) is 0 Å². The van der Waals surface area contributed by atoms with Crippen molar-refractivity contribution in [2.24, 2.45) is 0 Å². The predicted octanol–water partition coefficient (Wildman–Crippen LogP) is 2.75. The van der Waals surface area contributed by atoms with E-state index in [9.17, 15) is 9.90 Å². The van der Waals surface area contributed by atoms with Gasteiger partial charge in [0.05, 0.1) is 13.2 Å². The zero-order valence-electron chi connectivity index (χ0n) is 13.5. The van der Waals surface area contributed by atoms with Gasteiger partial charge in [0.2, 0.25) is 0 Å². The van der Waals surface area contributed by atoms with Crippen LogP contribution in [0.1, 0.15) is 11.1 Å². The van der Waals surface area contributed by atoms with E-state index in [0.717, 1.165) is 11.1 Å². The second-order valence-corrected chi connectivity index (χ2v) is 5.80. The van der Waals surface area contributed by atoms with Crippen molar-refractivity contribution in [1.82, 2.24) is 10.6 Å². The largest absolute Gasteiger partial charge is 0.496 e. The van der Waals surface area contributed by atoms with E-state index in [0.29, 0.717) is 23.7 Å². The van der Waals surface area contributed by atoms with E-state index in [1.165, 1.54) is 0 Å². The molecule has 0 aliphatic rings. The van der Waals surface area contributed by atoms with Crippen LogP contribution in [0.25, 0.3) is 0 Å². The minimum Gasteiger partial charge on any atom is -0.496 e. The molecule has 0 saturated heterocycles. The lowest BCUT2D eigenvalue weighted by Crippen LogP contribution is -2.40. The van der Waals surface area contributed by atoms with Gasteiger partial charge in [0.25, 0.3) is 0 Å². The normalized spacial score (nSPS) is 11.6. The molecular formula is C18H21ClN2O3. The van der Waals surface area contributed by atoms with E-state index < -0.39 is 6.10 Å². The molecule has 2 amide bonds. The summed E-state index contributed by atoms with van der Waals surface area (Å²) >= 11 is 5.90. The highest BCUT2D eigenvalue weighted by atomic mass is 35.5. The number of amides is 2. The van der Waals surface area contributed by atoms with Gasteiger partial charge in [-0.3, -0.25) is 0 Å². The number of halogens is 1. The van der Waals surface area contributed by atoms with Gasteiger partial charge >= 0.3 is 6.03 Å². The minimum atomic E-state index is -0.636. The molecule has 5 nitrogen and oxygen atoms in total. The Kier molecular flexibility index (Phi) is 6.90. The minimum absolute atomic E-state index is 0.179. The zero-order chi connectivity index (χ0) is 17.4. The van der Waals surface area contributed by atoms with Gasteiger partial charge in [-0.15, -0.1) is 0 Å². The summed E-state index contributed by atoms with van der Waals surface area (Å²) in [5.74, 6) is 0.618. The van der Waals surface area contributed by atoms with Gasteiger partial charge in [0.15, 0.2) is 0 Å². The SMILES string of the molecule is COc1cc(Cl)ccc1CNC(=O)NCC(O)Cc1ccccc1. The van der Waals surface area contributed by atoms with Crippen LogP contribution in [0.3, 0.4) is 0 Å². The molecule has 2 aromatic carbocycles. The predicted molar refractivity (Wildman–Crippen MR) is 94.4 cm³/mol. The average Bonchev–Trinajstić information content (AvgIpc) is 2.59. The molecule has 0 heterocycles. The first kappa shape index (κ1) is 18.1. The fraction of sp³-hybridized carbons (Fsp3) is 0.278. The molecule has 2 rings (SSSR count). The molecule has 0 bridgehead atoms. The molecule has 0 aromatic heterocycles. The van der Waals surface area contributed by atoms with E-state index in [1.54, 1.807) is 25.3 Å². The highest BCUT2D eigenvalue weighted by Gasteiger charge is 2.09. The first-order chi connectivity index (χ1) is 11.6. The van der Waals surface area contributed by atoms with Crippen LogP contribution in [0.4, 0.5) is 4.79 Å². The van der Waals surface area contributed by atoms with Gasteiger partial charge in [0, 0.05) is 30.1 Å². The summed E-state index contributed by atoms with van der Waals surface area (Å²) in [5, 5.41) is 15.9. The maximum Gasteiger partial charge on any atom is 0.315 e. The van der Waals surface area contributed by atoms with Gasteiger partial charge < -0.3 is 20.5 Å². The smallest absolute Gasteiger partial charge is 0.315 e. The lowest BCUT2D eigenvalue weighted by atomic mass is 10.1. The molecule has 0 aliphatic carbocycles. The van der Waals surface area contributed by atoms with E-state index in [1.807, 2.05) is 30.3 Å². The van der Waals surface area contributed by atoms with Gasteiger partial charge in [-0.05, 0) is 17.7 Å². The maximum atomic E-state index is 11.8. The topological polar surface area (TPSA) is 70.6 Å². The highest BCUT2D eigenvalue weighted by Crippen LogP contribution is 2.22. The molecule has 1 unspecified atom stereocenters. The summed E-state index contributed by atoms with van der Waals surface area (Å²) in [7, 11) is 1.55. The number of hydrogen-bond acceptors (Lipinski definition) is 3. The summed E-state index contributed by atoms with van der Waals surface area (Å²) in [6, 6.07) is 14.5. The van der Waals surface area contributed by atoms with E-state index >= 15 is 0 Å². The van der Waals surface area contributed by atoms with E-state index in [4.69, 9.17) is 16.3 Å². The molecule has 3 N–H and O–H groups in total. The monoisotopic (exact) mass is 348 g/mol. The van der Waals surface area contributed by atoms with Gasteiger partial charge in [-0.25, -0.2) is 4.79 Å². The summed E-state index contributed by atoms with van der Waals surface area (Å²) in [5.41, 5.74) is 1.85. The molecule has 6 heteroatoms. The number of ether oxygens (including phenoxy) is 1. The molecule has 0 saturated carbocycles. The summed E-state index contributed by atoms with van der Waals surface area (Å²) in [4.78, 5) is 11.8. The maximum absolute atomic E-state index is 11.8. The Morgan fingerprint density at radius 3 is 2.67 bits per heavy atom. The second kappa shape index (κ2) is 9.15. The van der Waals surface area contributed by atoms with Gasteiger partial charge in [-0.1, -0.05) is 48.0 Å². The number of urea groups is 1. The standard InChI is InChI=1S/C18H21ClN2O3/c1-24-17-10-15(19)8-7-14(17)11-20-18(23)21-12-16(22)9-13-5-3-2-4-6-13/h2-8,10,16,22H,9,11-12H2,1H3,(H2,20,21,23). The lowest BCUT2D eigenvalue weighted by Gasteiger charge is -2.14. The van der Waals surface area contributed by atoms with E-state index in [-0.39, 0.29) is 12.6 Å².